The number of hydrogen-bond acceptors (Lipinski definition) is 3. The molecule has 22 heavy (non-hydrogen) atoms. The topological polar surface area (TPSA) is 59.0 Å². The first-order valence-corrected chi connectivity index (χ1v) is 6.05. The highest BCUT2D eigenvalue weighted by Crippen LogP contribution is 2.33. The van der Waals surface area contributed by atoms with E-state index >= 15 is 0 Å². The van der Waals surface area contributed by atoms with Gasteiger partial charge in [-0.3, -0.25) is 0 Å². The zero-order valence-corrected chi connectivity index (χ0v) is 11.4. The van der Waals surface area contributed by atoms with Crippen LogP contribution in [0.3, 0.4) is 0 Å². The standard InChI is InChI=1S/C16H9F3N2O/c1-2-3-11-14(21)7-13(18)16(15(11)19)22-10-4-5-12(17)9(6-10)8-20/h4-7H,21H2,1H3. The van der Waals surface area contributed by atoms with Gasteiger partial charge in [0.2, 0.25) is 0 Å². The maximum atomic E-state index is 14.2. The van der Waals surface area contributed by atoms with Gasteiger partial charge in [0.1, 0.15) is 17.6 Å². The smallest absolute Gasteiger partial charge is 0.200 e. The number of ether oxygens (including phenoxy) is 1. The van der Waals surface area contributed by atoms with E-state index in [1.54, 1.807) is 6.07 Å². The Hall–Kier alpha value is -3.12. The second kappa shape index (κ2) is 6.11. The van der Waals surface area contributed by atoms with Crippen molar-refractivity contribution >= 4 is 5.69 Å². The molecule has 0 spiro atoms. The minimum absolute atomic E-state index is 0.0871. The lowest BCUT2D eigenvalue weighted by atomic mass is 10.1. The van der Waals surface area contributed by atoms with Gasteiger partial charge in [0.05, 0.1) is 16.8 Å². The van der Waals surface area contributed by atoms with Crippen LogP contribution in [-0.4, -0.2) is 0 Å². The Morgan fingerprint density at radius 2 is 1.86 bits per heavy atom. The maximum absolute atomic E-state index is 14.2. The largest absolute Gasteiger partial charge is 0.451 e. The number of nitriles is 1. The van der Waals surface area contributed by atoms with Crippen LogP contribution in [0.15, 0.2) is 24.3 Å². The van der Waals surface area contributed by atoms with Crippen molar-refractivity contribution < 1.29 is 17.9 Å². The monoisotopic (exact) mass is 302 g/mol. The predicted octanol–water partition coefficient (Wildman–Crippen LogP) is 3.72. The molecule has 110 valence electrons. The van der Waals surface area contributed by atoms with Gasteiger partial charge in [0.25, 0.3) is 0 Å². The summed E-state index contributed by atoms with van der Waals surface area (Å²) in [6, 6.07) is 5.64. The van der Waals surface area contributed by atoms with Crippen LogP contribution in [0.4, 0.5) is 18.9 Å². The van der Waals surface area contributed by atoms with Gasteiger partial charge in [0, 0.05) is 12.1 Å². The fourth-order valence-electron chi connectivity index (χ4n) is 1.74. The molecule has 2 aromatic rings. The Bertz CT molecular complexity index is 845. The highest BCUT2D eigenvalue weighted by Gasteiger charge is 2.19. The number of benzene rings is 2. The van der Waals surface area contributed by atoms with Crippen LogP contribution in [0, 0.1) is 40.6 Å². The van der Waals surface area contributed by atoms with Crippen molar-refractivity contribution in [3.8, 4) is 29.4 Å². The van der Waals surface area contributed by atoms with E-state index in [1.807, 2.05) is 0 Å². The molecule has 3 nitrogen and oxygen atoms in total. The number of halogens is 3. The quantitative estimate of drug-likeness (QED) is 0.679. The first kappa shape index (κ1) is 15.3. The minimum atomic E-state index is -1.06. The second-order valence-electron chi connectivity index (χ2n) is 4.20. The lowest BCUT2D eigenvalue weighted by molar-refractivity contribution is 0.406. The van der Waals surface area contributed by atoms with E-state index in [0.717, 1.165) is 24.3 Å². The van der Waals surface area contributed by atoms with Crippen LogP contribution in [0.5, 0.6) is 11.5 Å². The van der Waals surface area contributed by atoms with E-state index in [2.05, 4.69) is 11.8 Å². The number of rotatable bonds is 2. The van der Waals surface area contributed by atoms with Crippen molar-refractivity contribution in [2.24, 2.45) is 0 Å². The van der Waals surface area contributed by atoms with Gasteiger partial charge in [-0.15, -0.1) is 5.92 Å². The van der Waals surface area contributed by atoms with E-state index in [1.165, 1.54) is 6.92 Å². The Balaban J connectivity index is 2.52. The molecule has 2 aromatic carbocycles. The molecular formula is C16H9F3N2O. The van der Waals surface area contributed by atoms with E-state index < -0.39 is 23.2 Å². The fourth-order valence-corrected chi connectivity index (χ4v) is 1.74. The van der Waals surface area contributed by atoms with Crippen LogP contribution in [0.25, 0.3) is 0 Å². The summed E-state index contributed by atoms with van der Waals surface area (Å²) in [5.74, 6) is 1.23. The van der Waals surface area contributed by atoms with Crippen molar-refractivity contribution in [3.63, 3.8) is 0 Å². The Labute approximate surface area is 124 Å². The molecule has 0 aliphatic rings. The van der Waals surface area contributed by atoms with Crippen LogP contribution >= 0.6 is 0 Å². The summed E-state index contributed by atoms with van der Waals surface area (Å²) in [5, 5.41) is 8.74. The van der Waals surface area contributed by atoms with Gasteiger partial charge >= 0.3 is 0 Å². The predicted molar refractivity (Wildman–Crippen MR) is 74.5 cm³/mol. The summed E-state index contributed by atoms with van der Waals surface area (Å²) in [6.45, 7) is 1.47. The van der Waals surface area contributed by atoms with Crippen molar-refractivity contribution in [2.75, 3.05) is 5.73 Å². The Morgan fingerprint density at radius 3 is 2.50 bits per heavy atom. The molecule has 2 N–H and O–H groups in total. The molecule has 0 heterocycles. The normalized spacial score (nSPS) is 9.59. The van der Waals surface area contributed by atoms with Crippen molar-refractivity contribution in [1.29, 1.82) is 5.26 Å². The molecule has 0 bridgehead atoms. The molecular weight excluding hydrogens is 293 g/mol. The number of nitrogen functional groups attached to an aromatic ring is 1. The number of anilines is 1. The molecule has 0 fully saturated rings. The average Bonchev–Trinajstić information content (AvgIpc) is 2.49. The summed E-state index contributed by atoms with van der Waals surface area (Å²) >= 11 is 0. The van der Waals surface area contributed by atoms with Crippen molar-refractivity contribution in [3.05, 3.63) is 52.8 Å². The van der Waals surface area contributed by atoms with Crippen LogP contribution in [0.1, 0.15) is 18.1 Å². The summed E-state index contributed by atoms with van der Waals surface area (Å²) in [7, 11) is 0. The van der Waals surface area contributed by atoms with Gasteiger partial charge in [-0.1, -0.05) is 5.92 Å². The molecule has 2 rings (SSSR count). The highest BCUT2D eigenvalue weighted by molar-refractivity contribution is 5.60. The van der Waals surface area contributed by atoms with E-state index in [9.17, 15) is 13.2 Å². The summed E-state index contributed by atoms with van der Waals surface area (Å²) in [5.41, 5.74) is 4.85. The van der Waals surface area contributed by atoms with Gasteiger partial charge in [-0.05, 0) is 19.1 Å². The van der Waals surface area contributed by atoms with E-state index in [4.69, 9.17) is 15.7 Å². The average molecular weight is 302 g/mol. The molecule has 0 saturated carbocycles. The first-order chi connectivity index (χ1) is 10.5. The third-order valence-corrected chi connectivity index (χ3v) is 2.73. The minimum Gasteiger partial charge on any atom is -0.451 e. The zero-order chi connectivity index (χ0) is 16.3. The molecule has 0 unspecified atom stereocenters. The number of nitrogens with zero attached hydrogens (tertiary/aromatic N) is 1. The van der Waals surface area contributed by atoms with Crippen LogP contribution < -0.4 is 10.5 Å². The third kappa shape index (κ3) is 2.82. The highest BCUT2D eigenvalue weighted by atomic mass is 19.1. The number of nitrogens with two attached hydrogens (primary N) is 1. The molecule has 0 saturated heterocycles. The zero-order valence-electron chi connectivity index (χ0n) is 11.4. The molecule has 6 heteroatoms. The second-order valence-corrected chi connectivity index (χ2v) is 4.20. The molecule has 0 atom stereocenters. The fraction of sp³-hybridized carbons (Fsp3) is 0.0625. The van der Waals surface area contributed by atoms with Crippen molar-refractivity contribution in [1.82, 2.24) is 0 Å². The van der Waals surface area contributed by atoms with E-state index in [0.29, 0.717) is 0 Å². The molecule has 0 aliphatic carbocycles. The maximum Gasteiger partial charge on any atom is 0.200 e. The molecule has 0 radical (unpaired) electrons. The van der Waals surface area contributed by atoms with Crippen LogP contribution in [0.2, 0.25) is 0 Å². The van der Waals surface area contributed by atoms with E-state index in [-0.39, 0.29) is 22.6 Å². The van der Waals surface area contributed by atoms with Gasteiger partial charge in [-0.2, -0.15) is 5.26 Å². The first-order valence-electron chi connectivity index (χ1n) is 6.05. The molecule has 0 aliphatic heterocycles. The lowest BCUT2D eigenvalue weighted by Crippen LogP contribution is -2.01. The van der Waals surface area contributed by atoms with Gasteiger partial charge < -0.3 is 10.5 Å². The summed E-state index contributed by atoms with van der Waals surface area (Å²) in [6.07, 6.45) is 0. The molecule has 0 aromatic heterocycles. The molecule has 0 amide bonds. The SMILES string of the molecule is CC#Cc1c(N)cc(F)c(Oc2ccc(F)c(C#N)c2)c1F. The Morgan fingerprint density at radius 1 is 1.14 bits per heavy atom. The van der Waals surface area contributed by atoms with Crippen LogP contribution in [-0.2, 0) is 0 Å². The lowest BCUT2D eigenvalue weighted by Gasteiger charge is -2.11. The van der Waals surface area contributed by atoms with Gasteiger partial charge in [0.15, 0.2) is 17.4 Å². The Kier molecular flexibility index (Phi) is 4.24. The number of hydrogen-bond donors (Lipinski definition) is 1. The summed E-state index contributed by atoms with van der Waals surface area (Å²) < 4.78 is 46.4. The summed E-state index contributed by atoms with van der Waals surface area (Å²) in [4.78, 5) is 0. The van der Waals surface area contributed by atoms with Crippen molar-refractivity contribution in [2.45, 2.75) is 6.92 Å². The third-order valence-electron chi connectivity index (χ3n) is 2.73. The van der Waals surface area contributed by atoms with Gasteiger partial charge in [-0.25, -0.2) is 13.2 Å².